The van der Waals surface area contributed by atoms with E-state index in [0.29, 0.717) is 0 Å². The molecule has 5 heavy (non-hydrogen) atoms. The van der Waals surface area contributed by atoms with Crippen molar-refractivity contribution in [1.82, 2.24) is 0 Å². The van der Waals surface area contributed by atoms with Gasteiger partial charge in [0.2, 0.25) is 0 Å². The Hall–Kier alpha value is 0.700. The fourth-order valence-electron chi connectivity index (χ4n) is 0. The average Bonchev–Trinajstić information content (AvgIpc) is 0.918. The van der Waals surface area contributed by atoms with Crippen molar-refractivity contribution < 1.29 is 4.39 Å². The number of hydrogen-bond acceptors (Lipinski definition) is 0. The second-order valence-corrected chi connectivity index (χ2v) is 0.267. The molecule has 0 saturated heterocycles. The molecule has 0 heterocycles. The minimum atomic E-state index is -0.250. The van der Waals surface area contributed by atoms with E-state index in [-0.39, 0.29) is 36.1 Å². The van der Waals surface area contributed by atoms with E-state index in [9.17, 15) is 4.39 Å². The van der Waals surface area contributed by atoms with Gasteiger partial charge in [-0.2, -0.15) is 0 Å². The highest BCUT2D eigenvalue weighted by atomic mass is 79.9. The number of halogens is 3. The maximum absolute atomic E-state index is 10.3. The first-order chi connectivity index (χ1) is 1.41. The zero-order valence-electron chi connectivity index (χ0n) is 2.90. The molecule has 0 aliphatic carbocycles. The summed E-state index contributed by atoms with van der Waals surface area (Å²) in [6, 6.07) is 0. The SMILES string of the molecule is Br.CCF.Cl. The van der Waals surface area contributed by atoms with Crippen molar-refractivity contribution in [3.05, 3.63) is 0 Å². The van der Waals surface area contributed by atoms with Gasteiger partial charge in [-0.25, -0.2) is 0 Å². The third-order valence-electron chi connectivity index (χ3n) is 0. The Kier molecular flexibility index (Phi) is 76.9. The van der Waals surface area contributed by atoms with Gasteiger partial charge < -0.3 is 0 Å². The van der Waals surface area contributed by atoms with Gasteiger partial charge in [-0.1, -0.05) is 0 Å². The quantitative estimate of drug-likeness (QED) is 0.515. The minimum absolute atomic E-state index is 0. The lowest BCUT2D eigenvalue weighted by atomic mass is 10.9. The third-order valence-corrected chi connectivity index (χ3v) is 0. The lowest BCUT2D eigenvalue weighted by Gasteiger charge is -1.45. The van der Waals surface area contributed by atoms with Gasteiger partial charge >= 0.3 is 0 Å². The molecule has 0 aromatic carbocycles. The molecule has 0 saturated carbocycles. The van der Waals surface area contributed by atoms with Crippen LogP contribution in [0.1, 0.15) is 6.92 Å². The molecule has 0 unspecified atom stereocenters. The molecule has 0 bridgehead atoms. The van der Waals surface area contributed by atoms with Crippen molar-refractivity contribution in [2.45, 2.75) is 6.92 Å². The molecule has 3 heteroatoms. The van der Waals surface area contributed by atoms with Crippen LogP contribution in [0.3, 0.4) is 0 Å². The summed E-state index contributed by atoms with van der Waals surface area (Å²) in [6.45, 7) is 1.21. The van der Waals surface area contributed by atoms with Gasteiger partial charge in [0.15, 0.2) is 0 Å². The number of alkyl halides is 1. The highest BCUT2D eigenvalue weighted by Gasteiger charge is 1.39. The van der Waals surface area contributed by atoms with Crippen LogP contribution >= 0.6 is 29.4 Å². The van der Waals surface area contributed by atoms with Crippen LogP contribution in [-0.4, -0.2) is 6.67 Å². The summed E-state index contributed by atoms with van der Waals surface area (Å²) in [7, 11) is 0. The van der Waals surface area contributed by atoms with Gasteiger partial charge in [0.05, 0.1) is 6.67 Å². The molecule has 0 atom stereocenters. The molecule has 0 nitrogen and oxygen atoms in total. The lowest BCUT2D eigenvalue weighted by molar-refractivity contribution is 0.527. The largest absolute Gasteiger partial charge is 0.251 e. The van der Waals surface area contributed by atoms with E-state index in [1.165, 1.54) is 6.92 Å². The molecule has 0 amide bonds. The van der Waals surface area contributed by atoms with E-state index in [0.717, 1.165) is 0 Å². The van der Waals surface area contributed by atoms with E-state index in [1.54, 1.807) is 0 Å². The van der Waals surface area contributed by atoms with E-state index in [1.807, 2.05) is 0 Å². The van der Waals surface area contributed by atoms with E-state index in [4.69, 9.17) is 0 Å². The fraction of sp³-hybridized carbons (Fsp3) is 1.00. The summed E-state index contributed by atoms with van der Waals surface area (Å²) in [6.07, 6.45) is 0. The monoisotopic (exact) mass is 164 g/mol. The predicted octanol–water partition coefficient (Wildman–Crippen LogP) is 1.98. The normalized spacial score (nSPS) is 3.60. The van der Waals surface area contributed by atoms with Gasteiger partial charge in [-0.05, 0) is 6.92 Å². The van der Waals surface area contributed by atoms with Crippen molar-refractivity contribution >= 4 is 29.4 Å². The number of hydrogen-bond donors (Lipinski definition) is 0. The second kappa shape index (κ2) is 22.3. The Bertz CT molecular complexity index is 9.61. The molecule has 0 aromatic rings. The molecule has 0 N–H and O–H groups in total. The Labute approximate surface area is 47.9 Å². The van der Waals surface area contributed by atoms with Crippen molar-refractivity contribution in [2.75, 3.05) is 6.67 Å². The highest BCUT2D eigenvalue weighted by molar-refractivity contribution is 8.93. The summed E-state index contributed by atoms with van der Waals surface area (Å²) in [5.74, 6) is 0. The number of rotatable bonds is 0. The van der Waals surface area contributed by atoms with Crippen LogP contribution in [0.15, 0.2) is 0 Å². The minimum Gasteiger partial charge on any atom is -0.251 e. The van der Waals surface area contributed by atoms with Gasteiger partial charge in [0.1, 0.15) is 0 Å². The summed E-state index contributed by atoms with van der Waals surface area (Å²) < 4.78 is 10.3. The summed E-state index contributed by atoms with van der Waals surface area (Å²) in [4.78, 5) is 0. The molecule has 0 aliphatic heterocycles. The summed E-state index contributed by atoms with van der Waals surface area (Å²) >= 11 is 0. The molecule has 36 valence electrons. The molecule has 0 spiro atoms. The topological polar surface area (TPSA) is 0 Å². The molecule has 0 radical (unpaired) electrons. The average molecular weight is 165 g/mol. The Balaban J connectivity index is -0.0000000200. The van der Waals surface area contributed by atoms with Crippen molar-refractivity contribution in [1.29, 1.82) is 0 Å². The van der Waals surface area contributed by atoms with Gasteiger partial charge in [-0.15, -0.1) is 29.4 Å². The van der Waals surface area contributed by atoms with Crippen LogP contribution in [0, 0.1) is 0 Å². The Morgan fingerprint density at radius 1 is 1.60 bits per heavy atom. The fourth-order valence-corrected chi connectivity index (χ4v) is 0. The van der Waals surface area contributed by atoms with Crippen LogP contribution in [0.2, 0.25) is 0 Å². The first-order valence-corrected chi connectivity index (χ1v) is 0.974. The maximum atomic E-state index is 10.3. The lowest BCUT2D eigenvalue weighted by Crippen LogP contribution is -1.40. The van der Waals surface area contributed by atoms with Crippen LogP contribution in [0.25, 0.3) is 0 Å². The van der Waals surface area contributed by atoms with E-state index < -0.39 is 0 Å². The molecular weight excluding hydrogens is 158 g/mol. The zero-order chi connectivity index (χ0) is 2.71. The first kappa shape index (κ1) is 17.3. The Morgan fingerprint density at radius 3 is 1.60 bits per heavy atom. The summed E-state index contributed by atoms with van der Waals surface area (Å²) in [5, 5.41) is 0. The molecule has 0 fully saturated rings. The molecule has 0 aliphatic rings. The smallest absolute Gasteiger partial charge is 0.0866 e. The van der Waals surface area contributed by atoms with Crippen molar-refractivity contribution in [2.24, 2.45) is 0 Å². The van der Waals surface area contributed by atoms with Crippen LogP contribution in [0.4, 0.5) is 4.39 Å². The highest BCUT2D eigenvalue weighted by Crippen LogP contribution is 1.48. The van der Waals surface area contributed by atoms with Crippen molar-refractivity contribution in [3.63, 3.8) is 0 Å². The van der Waals surface area contributed by atoms with Crippen LogP contribution < -0.4 is 0 Å². The van der Waals surface area contributed by atoms with Gasteiger partial charge in [0, 0.05) is 0 Å². The molecular formula is C2H7BrClF. The zero-order valence-corrected chi connectivity index (χ0v) is 5.43. The molecule has 0 rings (SSSR count). The Morgan fingerprint density at radius 2 is 1.60 bits per heavy atom. The maximum Gasteiger partial charge on any atom is 0.0866 e. The third kappa shape index (κ3) is 69.9. The van der Waals surface area contributed by atoms with Crippen LogP contribution in [0.5, 0.6) is 0 Å². The summed E-state index contributed by atoms with van der Waals surface area (Å²) in [5.41, 5.74) is 0. The molecule has 0 aromatic heterocycles. The van der Waals surface area contributed by atoms with E-state index in [2.05, 4.69) is 0 Å². The van der Waals surface area contributed by atoms with Crippen molar-refractivity contribution in [3.8, 4) is 0 Å². The predicted molar refractivity (Wildman–Crippen MR) is 29.2 cm³/mol. The first-order valence-electron chi connectivity index (χ1n) is 0.974. The van der Waals surface area contributed by atoms with Crippen LogP contribution in [-0.2, 0) is 0 Å². The standard InChI is InChI=1S/C2H5F.BrH.ClH/c1-2-3;;/h2H2,1H3;2*1H. The van der Waals surface area contributed by atoms with E-state index >= 15 is 0 Å². The van der Waals surface area contributed by atoms with Gasteiger partial charge in [0.25, 0.3) is 0 Å². The second-order valence-electron chi connectivity index (χ2n) is 0.267. The van der Waals surface area contributed by atoms with Gasteiger partial charge in [-0.3, -0.25) is 4.39 Å².